The third-order valence-corrected chi connectivity index (χ3v) is 15.0. The van der Waals surface area contributed by atoms with Crippen LogP contribution in [0, 0.1) is 26.7 Å². The van der Waals surface area contributed by atoms with E-state index in [0.29, 0.717) is 52.4 Å². The summed E-state index contributed by atoms with van der Waals surface area (Å²) in [4.78, 5) is 33.3. The number of guanidine groups is 1. The summed E-state index contributed by atoms with van der Waals surface area (Å²) in [7, 11) is 1.68. The fourth-order valence-electron chi connectivity index (χ4n) is 9.49. The van der Waals surface area contributed by atoms with Gasteiger partial charge < -0.3 is 35.3 Å². The number of nitrogens with one attached hydrogen (secondary N) is 3. The number of unbranched alkanes of at least 4 members (excludes halogenated alkanes) is 18. The molecular formula is C59H93N5O6S. The van der Waals surface area contributed by atoms with Crippen LogP contribution in [-0.4, -0.2) is 77.2 Å². The zero-order valence-electron chi connectivity index (χ0n) is 44.8. The molecule has 396 valence electrons. The van der Waals surface area contributed by atoms with Gasteiger partial charge in [0.1, 0.15) is 18.4 Å². The Kier molecular flexibility index (Phi) is 29.9. The number of ether oxygens (including phenoxy) is 4. The third kappa shape index (κ3) is 22.2. The Morgan fingerprint density at radius 2 is 1.20 bits per heavy atom. The third-order valence-electron chi connectivity index (χ3n) is 13.9. The number of carbonyl (C=O) groups excluding carboxylic acids is 2. The highest BCUT2D eigenvalue weighted by molar-refractivity contribution is 7.98. The highest BCUT2D eigenvalue weighted by Crippen LogP contribution is 2.44. The maximum Gasteiger partial charge on any atom is 0.407 e. The summed E-state index contributed by atoms with van der Waals surface area (Å²) in [5.74, 6) is 0.729. The fraction of sp³-hybridized carbons (Fsp3) is 0.644. The van der Waals surface area contributed by atoms with E-state index in [1.807, 2.05) is 44.2 Å². The molecule has 1 aliphatic carbocycles. The number of alkyl carbamates (subject to hydrolysis) is 1. The number of aliphatic imine (C=N–C) groups is 1. The molecule has 1 unspecified atom stereocenters. The van der Waals surface area contributed by atoms with Gasteiger partial charge in [-0.05, 0) is 103 Å². The van der Waals surface area contributed by atoms with Crippen molar-refractivity contribution in [1.82, 2.24) is 15.4 Å². The second-order valence-corrected chi connectivity index (χ2v) is 20.6. The Labute approximate surface area is 433 Å². The summed E-state index contributed by atoms with van der Waals surface area (Å²) in [6, 6.07) is 17.7. The molecular weight excluding hydrogens is 907 g/mol. The van der Waals surface area contributed by atoms with Crippen LogP contribution in [0.5, 0.6) is 5.75 Å². The van der Waals surface area contributed by atoms with Crippen molar-refractivity contribution < 1.29 is 28.5 Å². The van der Waals surface area contributed by atoms with Crippen molar-refractivity contribution in [1.29, 1.82) is 0 Å². The minimum atomic E-state index is -0.849. The molecule has 3 aromatic rings. The average molecular weight is 1000 g/mol. The second-order valence-electron chi connectivity index (χ2n) is 19.7. The Balaban J connectivity index is 1.33. The van der Waals surface area contributed by atoms with Crippen molar-refractivity contribution in [2.75, 3.05) is 53.2 Å². The normalized spacial score (nSPS) is 12.7. The van der Waals surface area contributed by atoms with Gasteiger partial charge >= 0.3 is 6.09 Å². The number of nitrogens with two attached hydrogens (primary N) is 1. The van der Waals surface area contributed by atoms with Crippen LogP contribution < -0.4 is 25.8 Å². The summed E-state index contributed by atoms with van der Waals surface area (Å²) in [6.07, 6.45) is 25.7. The van der Waals surface area contributed by atoms with Gasteiger partial charge in [-0.2, -0.15) is 0 Å². The van der Waals surface area contributed by atoms with E-state index in [4.69, 9.17) is 24.7 Å². The number of fused-ring (bicyclic) bond motifs is 3. The number of nitrogens with zero attached hydrogens (tertiary/aromatic N) is 1. The Bertz CT molecular complexity index is 1920. The number of hydrogen-bond acceptors (Lipinski definition) is 8. The van der Waals surface area contributed by atoms with Gasteiger partial charge in [-0.1, -0.05) is 178 Å². The van der Waals surface area contributed by atoms with Crippen LogP contribution in [0.4, 0.5) is 4.79 Å². The van der Waals surface area contributed by atoms with E-state index in [-0.39, 0.29) is 30.3 Å². The highest BCUT2D eigenvalue weighted by atomic mass is 32.2. The number of amides is 2. The van der Waals surface area contributed by atoms with Crippen molar-refractivity contribution in [3.05, 3.63) is 82.4 Å². The Morgan fingerprint density at radius 3 is 1.72 bits per heavy atom. The SMILES string of the molecule is CCCCCCCCCCCCOCC(CNC(=O)C(CCCN=C(N)NSc1c(C)cc(OC)c(C)c1C)NC(=O)OCC1c2ccccc2-c2ccccc21)COCCCCCCCCCCCC. The van der Waals surface area contributed by atoms with E-state index in [0.717, 1.165) is 62.4 Å². The summed E-state index contributed by atoms with van der Waals surface area (Å²) in [5.41, 5.74) is 14.2. The zero-order chi connectivity index (χ0) is 50.9. The molecule has 0 saturated heterocycles. The standard InChI is InChI=1S/C59H93N5O6S/c1-7-9-11-13-15-17-19-21-23-29-38-68-42-48(43-69-39-30-24-22-20-18-16-14-12-10-8-2)41-62-57(65)54(36-31-37-61-58(60)64-71-56-45(3)40-55(67-6)46(4)47(56)5)63-59(66)70-44-53-51-34-27-25-32-49(51)50-33-26-28-35-52(50)53/h25-28,32-35,40,48,53-54H,7-24,29-31,36-39,41-44H2,1-6H3,(H,62,65)(H,63,66)(H3,60,61,64). The molecule has 71 heavy (non-hydrogen) atoms. The second kappa shape index (κ2) is 35.8. The maximum absolute atomic E-state index is 14.1. The lowest BCUT2D eigenvalue weighted by Gasteiger charge is -2.22. The minimum absolute atomic E-state index is 0.0324. The number of aryl methyl sites for hydroxylation is 1. The average Bonchev–Trinajstić information content (AvgIpc) is 3.70. The van der Waals surface area contributed by atoms with E-state index in [1.54, 1.807) is 7.11 Å². The van der Waals surface area contributed by atoms with Crippen LogP contribution in [-0.2, 0) is 19.0 Å². The maximum atomic E-state index is 14.1. The van der Waals surface area contributed by atoms with E-state index < -0.39 is 12.1 Å². The molecule has 1 aliphatic rings. The largest absolute Gasteiger partial charge is 0.496 e. The Morgan fingerprint density at radius 1 is 0.690 bits per heavy atom. The predicted octanol–water partition coefficient (Wildman–Crippen LogP) is 13.8. The van der Waals surface area contributed by atoms with E-state index in [2.05, 4.69) is 65.4 Å². The molecule has 0 spiro atoms. The van der Waals surface area contributed by atoms with E-state index in [1.165, 1.54) is 128 Å². The van der Waals surface area contributed by atoms with Crippen molar-refractivity contribution >= 4 is 29.9 Å². The van der Waals surface area contributed by atoms with Gasteiger partial charge in [0.2, 0.25) is 5.91 Å². The highest BCUT2D eigenvalue weighted by Gasteiger charge is 2.30. The van der Waals surface area contributed by atoms with E-state index in [9.17, 15) is 9.59 Å². The molecule has 0 fully saturated rings. The van der Waals surface area contributed by atoms with Gasteiger partial charge in [-0.15, -0.1) is 0 Å². The van der Waals surface area contributed by atoms with Crippen molar-refractivity contribution in [2.45, 2.75) is 193 Å². The summed E-state index contributed by atoms with van der Waals surface area (Å²) in [5, 5.41) is 6.07. The van der Waals surface area contributed by atoms with Crippen molar-refractivity contribution in [3.63, 3.8) is 0 Å². The van der Waals surface area contributed by atoms with E-state index >= 15 is 0 Å². The smallest absolute Gasteiger partial charge is 0.407 e. The van der Waals surface area contributed by atoms with Gasteiger partial charge in [0.25, 0.3) is 0 Å². The van der Waals surface area contributed by atoms with Gasteiger partial charge in [0.15, 0.2) is 5.96 Å². The van der Waals surface area contributed by atoms with Crippen molar-refractivity contribution in [3.8, 4) is 16.9 Å². The Hall–Kier alpha value is -4.26. The molecule has 0 aromatic heterocycles. The minimum Gasteiger partial charge on any atom is -0.496 e. The lowest BCUT2D eigenvalue weighted by atomic mass is 9.98. The quantitative estimate of drug-likeness (QED) is 0.0190. The molecule has 0 heterocycles. The van der Waals surface area contributed by atoms with Crippen LogP contribution in [0.1, 0.15) is 189 Å². The molecule has 1 atom stereocenters. The molecule has 0 radical (unpaired) electrons. The lowest BCUT2D eigenvalue weighted by Crippen LogP contribution is -2.48. The van der Waals surface area contributed by atoms with Gasteiger partial charge in [-0.25, -0.2) is 4.79 Å². The first-order chi connectivity index (χ1) is 34.7. The molecule has 0 saturated carbocycles. The molecule has 11 nitrogen and oxygen atoms in total. The summed E-state index contributed by atoms with van der Waals surface area (Å²) >= 11 is 1.42. The first-order valence-corrected chi connectivity index (χ1v) is 28.4. The van der Waals surface area contributed by atoms with Crippen LogP contribution in [0.2, 0.25) is 0 Å². The van der Waals surface area contributed by atoms with Crippen LogP contribution in [0.15, 0.2) is 64.5 Å². The molecule has 0 aliphatic heterocycles. The van der Waals surface area contributed by atoms with Crippen LogP contribution in [0.25, 0.3) is 11.1 Å². The summed E-state index contributed by atoms with van der Waals surface area (Å²) in [6.45, 7) is 13.9. The molecule has 5 N–H and O–H groups in total. The molecule has 2 amide bonds. The topological polar surface area (TPSA) is 146 Å². The van der Waals surface area contributed by atoms with Gasteiger partial charge in [0.05, 0.1) is 20.3 Å². The fourth-order valence-corrected chi connectivity index (χ4v) is 10.3. The predicted molar refractivity (Wildman–Crippen MR) is 296 cm³/mol. The molecule has 12 heteroatoms. The number of benzene rings is 3. The lowest BCUT2D eigenvalue weighted by molar-refractivity contribution is -0.123. The number of methoxy groups -OCH3 is 1. The summed E-state index contributed by atoms with van der Waals surface area (Å²) < 4.78 is 27.1. The van der Waals surface area contributed by atoms with Gasteiger partial charge in [0, 0.05) is 43.0 Å². The van der Waals surface area contributed by atoms with Crippen LogP contribution in [0.3, 0.4) is 0 Å². The first-order valence-electron chi connectivity index (χ1n) is 27.6. The monoisotopic (exact) mass is 1000 g/mol. The zero-order valence-corrected chi connectivity index (χ0v) is 45.6. The number of rotatable bonds is 39. The van der Waals surface area contributed by atoms with Gasteiger partial charge in [-0.3, -0.25) is 14.5 Å². The first kappa shape index (κ1) is 59.3. The number of hydrogen-bond donors (Lipinski definition) is 4. The van der Waals surface area contributed by atoms with Crippen molar-refractivity contribution in [2.24, 2.45) is 16.6 Å². The molecule has 4 rings (SSSR count). The number of carbonyl (C=O) groups is 2. The van der Waals surface area contributed by atoms with Crippen LogP contribution >= 0.6 is 11.9 Å². The molecule has 0 bridgehead atoms. The molecule has 3 aromatic carbocycles.